The lowest BCUT2D eigenvalue weighted by atomic mass is 10.1. The topological polar surface area (TPSA) is 72.2 Å². The molecule has 0 spiro atoms. The standard InChI is InChI=1S/C10H13ClN2O2S/c1-16(15)5-4-13-10(14)8-3-2-7(11)6-9(8)12/h2-3,6H,4-5,12H2,1H3,(H,13,14). The van der Waals surface area contributed by atoms with Gasteiger partial charge in [-0.2, -0.15) is 0 Å². The Morgan fingerprint density at radius 3 is 2.81 bits per heavy atom. The van der Waals surface area contributed by atoms with Crippen LogP contribution in [0.15, 0.2) is 18.2 Å². The van der Waals surface area contributed by atoms with Crippen LogP contribution >= 0.6 is 11.6 Å². The Hall–Kier alpha value is -1.07. The van der Waals surface area contributed by atoms with Crippen LogP contribution in [0.1, 0.15) is 10.4 Å². The average molecular weight is 261 g/mol. The first-order valence-electron chi connectivity index (χ1n) is 4.64. The quantitative estimate of drug-likeness (QED) is 0.795. The van der Waals surface area contributed by atoms with Gasteiger partial charge in [0.05, 0.1) is 5.56 Å². The van der Waals surface area contributed by atoms with E-state index >= 15 is 0 Å². The largest absolute Gasteiger partial charge is 0.398 e. The summed E-state index contributed by atoms with van der Waals surface area (Å²) in [4.78, 5) is 11.6. The molecule has 1 unspecified atom stereocenters. The first kappa shape index (κ1) is 13.0. The molecule has 88 valence electrons. The Bertz CT molecular complexity index is 423. The number of hydrogen-bond donors (Lipinski definition) is 2. The van der Waals surface area contributed by atoms with Crippen LogP contribution in [0, 0.1) is 0 Å². The molecule has 0 saturated carbocycles. The van der Waals surface area contributed by atoms with Crippen molar-refractivity contribution >= 4 is 34.0 Å². The van der Waals surface area contributed by atoms with Crippen LogP contribution in [0.3, 0.4) is 0 Å². The molecule has 6 heteroatoms. The fourth-order valence-electron chi connectivity index (χ4n) is 1.14. The number of benzene rings is 1. The van der Waals surface area contributed by atoms with Crippen molar-refractivity contribution in [1.29, 1.82) is 0 Å². The minimum absolute atomic E-state index is 0.278. The summed E-state index contributed by atoms with van der Waals surface area (Å²) in [6.45, 7) is 0.365. The summed E-state index contributed by atoms with van der Waals surface area (Å²) in [5, 5.41) is 3.13. The Balaban J connectivity index is 2.63. The molecule has 0 aliphatic heterocycles. The summed E-state index contributed by atoms with van der Waals surface area (Å²) < 4.78 is 10.8. The molecule has 0 fully saturated rings. The van der Waals surface area contributed by atoms with Crippen molar-refractivity contribution in [2.45, 2.75) is 0 Å². The number of carbonyl (C=O) groups is 1. The number of nitrogen functional groups attached to an aromatic ring is 1. The summed E-state index contributed by atoms with van der Waals surface area (Å²) in [6.07, 6.45) is 1.59. The number of nitrogens with one attached hydrogen (secondary N) is 1. The molecule has 3 N–H and O–H groups in total. The molecule has 1 amide bonds. The number of carbonyl (C=O) groups excluding carboxylic acids is 1. The van der Waals surface area contributed by atoms with E-state index in [0.29, 0.717) is 28.6 Å². The van der Waals surface area contributed by atoms with Gasteiger partial charge in [-0.25, -0.2) is 0 Å². The molecular formula is C10H13ClN2O2S. The summed E-state index contributed by atoms with van der Waals surface area (Å²) in [5.74, 6) is 0.152. The van der Waals surface area contributed by atoms with E-state index in [-0.39, 0.29) is 5.91 Å². The SMILES string of the molecule is CS(=O)CCNC(=O)c1ccc(Cl)cc1N. The maximum Gasteiger partial charge on any atom is 0.253 e. The summed E-state index contributed by atoms with van der Waals surface area (Å²) >= 11 is 5.72. The van der Waals surface area contributed by atoms with Gasteiger partial charge in [0.2, 0.25) is 0 Å². The van der Waals surface area contributed by atoms with Crippen LogP contribution in [0.2, 0.25) is 5.02 Å². The highest BCUT2D eigenvalue weighted by Crippen LogP contribution is 2.17. The lowest BCUT2D eigenvalue weighted by molar-refractivity contribution is 0.0957. The third-order valence-corrected chi connectivity index (χ3v) is 2.95. The highest BCUT2D eigenvalue weighted by atomic mass is 35.5. The third kappa shape index (κ3) is 3.83. The molecule has 1 aromatic rings. The second-order valence-corrected chi connectivity index (χ2v) is 5.26. The van der Waals surface area contributed by atoms with Gasteiger partial charge in [-0.1, -0.05) is 11.6 Å². The third-order valence-electron chi connectivity index (χ3n) is 1.93. The minimum atomic E-state index is -0.914. The molecule has 0 aromatic heterocycles. The molecule has 1 atom stereocenters. The summed E-state index contributed by atoms with van der Waals surface area (Å²) in [6, 6.07) is 4.69. The van der Waals surface area contributed by atoms with Gasteiger partial charge >= 0.3 is 0 Å². The number of nitrogens with two attached hydrogens (primary N) is 1. The number of hydrogen-bond acceptors (Lipinski definition) is 3. The molecule has 0 heterocycles. The molecule has 0 saturated heterocycles. The zero-order valence-corrected chi connectivity index (χ0v) is 10.4. The lowest BCUT2D eigenvalue weighted by Gasteiger charge is -2.06. The van der Waals surface area contributed by atoms with Crippen molar-refractivity contribution in [1.82, 2.24) is 5.32 Å². The van der Waals surface area contributed by atoms with Crippen molar-refractivity contribution in [3.63, 3.8) is 0 Å². The van der Waals surface area contributed by atoms with E-state index in [4.69, 9.17) is 17.3 Å². The van der Waals surface area contributed by atoms with Gasteiger partial charge in [0, 0.05) is 40.1 Å². The van der Waals surface area contributed by atoms with Crippen LogP contribution in [-0.4, -0.2) is 28.7 Å². The van der Waals surface area contributed by atoms with Crippen molar-refractivity contribution in [3.05, 3.63) is 28.8 Å². The minimum Gasteiger partial charge on any atom is -0.398 e. The fourth-order valence-corrected chi connectivity index (χ4v) is 1.71. The van der Waals surface area contributed by atoms with Gasteiger partial charge in [0.25, 0.3) is 5.91 Å². The van der Waals surface area contributed by atoms with E-state index in [9.17, 15) is 9.00 Å². The molecule has 0 radical (unpaired) electrons. The van der Waals surface area contributed by atoms with Crippen molar-refractivity contribution in [2.24, 2.45) is 0 Å². The molecular weight excluding hydrogens is 248 g/mol. The van der Waals surface area contributed by atoms with Crippen LogP contribution < -0.4 is 11.1 Å². The first-order chi connectivity index (χ1) is 7.50. The summed E-state index contributed by atoms with van der Waals surface area (Å²) in [7, 11) is -0.914. The van der Waals surface area contributed by atoms with Gasteiger partial charge in [-0.05, 0) is 18.2 Å². The second kappa shape index (κ2) is 5.86. The number of halogens is 1. The second-order valence-electron chi connectivity index (χ2n) is 3.26. The molecule has 1 aromatic carbocycles. The van der Waals surface area contributed by atoms with Crippen molar-refractivity contribution in [3.8, 4) is 0 Å². The van der Waals surface area contributed by atoms with Crippen molar-refractivity contribution in [2.75, 3.05) is 24.3 Å². The predicted molar refractivity (Wildman–Crippen MR) is 67.1 cm³/mol. The highest BCUT2D eigenvalue weighted by Gasteiger charge is 2.09. The zero-order chi connectivity index (χ0) is 12.1. The Kier molecular flexibility index (Phi) is 4.76. The number of rotatable bonds is 4. The lowest BCUT2D eigenvalue weighted by Crippen LogP contribution is -2.28. The zero-order valence-electron chi connectivity index (χ0n) is 8.83. The molecule has 0 aliphatic carbocycles. The Morgan fingerprint density at radius 1 is 1.56 bits per heavy atom. The smallest absolute Gasteiger partial charge is 0.253 e. The summed E-state index contributed by atoms with van der Waals surface area (Å²) in [5.41, 5.74) is 6.37. The van der Waals surface area contributed by atoms with E-state index in [1.54, 1.807) is 18.4 Å². The average Bonchev–Trinajstić information content (AvgIpc) is 2.16. The van der Waals surface area contributed by atoms with Gasteiger partial charge < -0.3 is 11.1 Å². The van der Waals surface area contributed by atoms with Crippen LogP contribution in [-0.2, 0) is 10.8 Å². The number of anilines is 1. The van der Waals surface area contributed by atoms with E-state index in [0.717, 1.165) is 0 Å². The fraction of sp³-hybridized carbons (Fsp3) is 0.300. The normalized spacial score (nSPS) is 12.1. The Morgan fingerprint density at radius 2 is 2.25 bits per heavy atom. The number of amides is 1. The molecule has 16 heavy (non-hydrogen) atoms. The molecule has 4 nitrogen and oxygen atoms in total. The van der Waals surface area contributed by atoms with E-state index < -0.39 is 10.8 Å². The van der Waals surface area contributed by atoms with Gasteiger partial charge in [-0.3, -0.25) is 9.00 Å². The maximum atomic E-state index is 11.6. The van der Waals surface area contributed by atoms with Crippen LogP contribution in [0.5, 0.6) is 0 Å². The van der Waals surface area contributed by atoms with Crippen LogP contribution in [0.25, 0.3) is 0 Å². The highest BCUT2D eigenvalue weighted by molar-refractivity contribution is 7.84. The predicted octanol–water partition coefficient (Wildman–Crippen LogP) is 1.03. The molecule has 0 aliphatic rings. The van der Waals surface area contributed by atoms with E-state index in [1.165, 1.54) is 6.07 Å². The van der Waals surface area contributed by atoms with E-state index in [2.05, 4.69) is 5.32 Å². The van der Waals surface area contributed by atoms with Crippen LogP contribution in [0.4, 0.5) is 5.69 Å². The first-order valence-corrected chi connectivity index (χ1v) is 6.74. The molecule has 1 rings (SSSR count). The van der Waals surface area contributed by atoms with E-state index in [1.807, 2.05) is 0 Å². The maximum absolute atomic E-state index is 11.6. The van der Waals surface area contributed by atoms with Gasteiger partial charge in [-0.15, -0.1) is 0 Å². The monoisotopic (exact) mass is 260 g/mol. The van der Waals surface area contributed by atoms with Gasteiger partial charge in [0.15, 0.2) is 0 Å². The Labute approximate surface area is 102 Å². The van der Waals surface area contributed by atoms with Crippen molar-refractivity contribution < 1.29 is 9.00 Å². The molecule has 0 bridgehead atoms. The van der Waals surface area contributed by atoms with Gasteiger partial charge in [0.1, 0.15) is 0 Å².